The van der Waals surface area contributed by atoms with E-state index < -0.39 is 0 Å². The summed E-state index contributed by atoms with van der Waals surface area (Å²) in [6.07, 6.45) is 0. The van der Waals surface area contributed by atoms with Gasteiger partial charge in [-0.25, -0.2) is 0 Å². The Morgan fingerprint density at radius 2 is 2.07 bits per heavy atom. The highest BCUT2D eigenvalue weighted by Gasteiger charge is 2.10. The third-order valence-electron chi connectivity index (χ3n) is 1.85. The second-order valence-electron chi connectivity index (χ2n) is 2.69. The van der Waals surface area contributed by atoms with Gasteiger partial charge in [-0.05, 0) is 6.07 Å². The lowest BCUT2D eigenvalue weighted by molar-refractivity contribution is 1.40. The van der Waals surface area contributed by atoms with E-state index in [4.69, 9.17) is 0 Å². The van der Waals surface area contributed by atoms with E-state index >= 15 is 0 Å². The smallest absolute Gasteiger partial charge is 0.167 e. The average Bonchev–Trinajstić information content (AvgIpc) is 2.66. The molecular weight excluding hydrogens is 262 g/mol. The van der Waals surface area contributed by atoms with Crippen LogP contribution >= 0.6 is 27.7 Å². The molecule has 14 heavy (non-hydrogen) atoms. The molecule has 0 aliphatic rings. The summed E-state index contributed by atoms with van der Waals surface area (Å²) in [5.74, 6) is 0.821. The van der Waals surface area contributed by atoms with Crippen molar-refractivity contribution in [3.63, 3.8) is 0 Å². The maximum Gasteiger partial charge on any atom is 0.167 e. The zero-order valence-electron chi connectivity index (χ0n) is 7.49. The number of aromatic nitrogens is 2. The lowest BCUT2D eigenvalue weighted by Crippen LogP contribution is -1.91. The Morgan fingerprint density at radius 3 is 2.79 bits per heavy atom. The van der Waals surface area contributed by atoms with Gasteiger partial charge in [-0.2, -0.15) is 8.75 Å². The summed E-state index contributed by atoms with van der Waals surface area (Å²) in [6, 6.07) is 7.97. The Morgan fingerprint density at radius 1 is 1.29 bits per heavy atom. The molecule has 0 spiro atoms. The Balaban J connectivity index is 2.54. The first-order valence-corrected chi connectivity index (χ1v) is 5.60. The van der Waals surface area contributed by atoms with Crippen LogP contribution in [0.2, 0.25) is 0 Å². The maximum atomic E-state index is 4.26. The molecule has 0 atom stereocenters. The summed E-state index contributed by atoms with van der Waals surface area (Å²) in [7, 11) is 1.84. The van der Waals surface area contributed by atoms with Crippen molar-refractivity contribution in [2.24, 2.45) is 0 Å². The zero-order chi connectivity index (χ0) is 9.97. The molecule has 2 aromatic rings. The van der Waals surface area contributed by atoms with Crippen LogP contribution in [0.5, 0.6) is 0 Å². The molecule has 0 radical (unpaired) electrons. The summed E-state index contributed by atoms with van der Waals surface area (Å²) in [5, 5.41) is 3.02. The highest BCUT2D eigenvalue weighted by Crippen LogP contribution is 2.31. The number of hydrogen-bond acceptors (Lipinski definition) is 4. The summed E-state index contributed by atoms with van der Waals surface area (Å²) < 4.78 is 9.44. The molecule has 5 heteroatoms. The molecule has 0 aliphatic heterocycles. The Bertz CT molecular complexity index is 441. The lowest BCUT2D eigenvalue weighted by atomic mass is 10.1. The molecule has 1 aromatic carbocycles. The van der Waals surface area contributed by atoms with Gasteiger partial charge in [0.05, 0.1) is 11.7 Å². The molecule has 3 nitrogen and oxygen atoms in total. The monoisotopic (exact) mass is 269 g/mol. The van der Waals surface area contributed by atoms with Crippen LogP contribution in [0.3, 0.4) is 0 Å². The van der Waals surface area contributed by atoms with Crippen molar-refractivity contribution in [3.8, 4) is 11.3 Å². The van der Waals surface area contributed by atoms with E-state index in [0.717, 1.165) is 21.5 Å². The maximum absolute atomic E-state index is 4.26. The van der Waals surface area contributed by atoms with Crippen molar-refractivity contribution < 1.29 is 0 Å². The second kappa shape index (κ2) is 4.06. The standard InChI is InChI=1S/C9H8BrN3S/c1-11-9-8(12-14-13-9)6-4-2-3-5-7(6)10/h2-5H,1H3,(H,11,13). The van der Waals surface area contributed by atoms with Gasteiger partial charge in [-0.15, -0.1) is 0 Å². The van der Waals surface area contributed by atoms with Crippen LogP contribution in [0.15, 0.2) is 28.7 Å². The van der Waals surface area contributed by atoms with Gasteiger partial charge in [0.15, 0.2) is 5.82 Å². The molecular formula is C9H8BrN3S. The molecule has 1 aromatic heterocycles. The highest BCUT2D eigenvalue weighted by atomic mass is 79.9. The molecule has 1 heterocycles. The van der Waals surface area contributed by atoms with Gasteiger partial charge in [-0.3, -0.25) is 0 Å². The van der Waals surface area contributed by atoms with E-state index in [-0.39, 0.29) is 0 Å². The Kier molecular flexibility index (Phi) is 2.79. The van der Waals surface area contributed by atoms with Crippen molar-refractivity contribution in [1.82, 2.24) is 8.75 Å². The van der Waals surface area contributed by atoms with Crippen LogP contribution in [0.1, 0.15) is 0 Å². The predicted molar refractivity (Wildman–Crippen MR) is 62.6 cm³/mol. The highest BCUT2D eigenvalue weighted by molar-refractivity contribution is 9.10. The number of nitrogens with zero attached hydrogens (tertiary/aromatic N) is 2. The van der Waals surface area contributed by atoms with E-state index in [2.05, 4.69) is 30.0 Å². The van der Waals surface area contributed by atoms with Crippen molar-refractivity contribution in [2.75, 3.05) is 12.4 Å². The minimum Gasteiger partial charge on any atom is -0.370 e. The van der Waals surface area contributed by atoms with Crippen molar-refractivity contribution in [1.29, 1.82) is 0 Å². The van der Waals surface area contributed by atoms with Crippen LogP contribution in [0.4, 0.5) is 5.82 Å². The van der Waals surface area contributed by atoms with Gasteiger partial charge in [-0.1, -0.05) is 34.1 Å². The lowest BCUT2D eigenvalue weighted by Gasteiger charge is -2.02. The molecule has 0 saturated carbocycles. The topological polar surface area (TPSA) is 37.8 Å². The number of hydrogen-bond donors (Lipinski definition) is 1. The third-order valence-corrected chi connectivity index (χ3v) is 3.07. The Hall–Kier alpha value is -0.940. The zero-order valence-corrected chi connectivity index (χ0v) is 9.89. The third kappa shape index (κ3) is 1.65. The normalized spacial score (nSPS) is 10.1. The first-order valence-electron chi connectivity index (χ1n) is 4.08. The minimum atomic E-state index is 0.821. The number of halogens is 1. The van der Waals surface area contributed by atoms with E-state index in [0.29, 0.717) is 0 Å². The molecule has 2 rings (SSSR count). The molecule has 0 fully saturated rings. The quantitative estimate of drug-likeness (QED) is 0.911. The van der Waals surface area contributed by atoms with Crippen molar-refractivity contribution in [3.05, 3.63) is 28.7 Å². The fraction of sp³-hybridized carbons (Fsp3) is 0.111. The summed E-state index contributed by atoms with van der Waals surface area (Å²) in [5.41, 5.74) is 1.95. The van der Waals surface area contributed by atoms with Crippen LogP contribution < -0.4 is 5.32 Å². The van der Waals surface area contributed by atoms with E-state index in [1.54, 1.807) is 0 Å². The number of rotatable bonds is 2. The van der Waals surface area contributed by atoms with Crippen LogP contribution in [0.25, 0.3) is 11.3 Å². The van der Waals surface area contributed by atoms with Gasteiger partial charge in [0.2, 0.25) is 0 Å². The van der Waals surface area contributed by atoms with E-state index in [1.807, 2.05) is 31.3 Å². The second-order valence-corrected chi connectivity index (χ2v) is 4.07. The molecule has 0 unspecified atom stereocenters. The molecule has 0 saturated heterocycles. The number of nitrogens with one attached hydrogen (secondary N) is 1. The first kappa shape index (κ1) is 9.61. The van der Waals surface area contributed by atoms with Crippen molar-refractivity contribution >= 4 is 33.5 Å². The van der Waals surface area contributed by atoms with Gasteiger partial charge >= 0.3 is 0 Å². The molecule has 0 aliphatic carbocycles. The van der Waals surface area contributed by atoms with Crippen LogP contribution in [-0.4, -0.2) is 15.8 Å². The van der Waals surface area contributed by atoms with Crippen molar-refractivity contribution in [2.45, 2.75) is 0 Å². The van der Waals surface area contributed by atoms with Crippen LogP contribution in [-0.2, 0) is 0 Å². The molecule has 0 amide bonds. The largest absolute Gasteiger partial charge is 0.370 e. The van der Waals surface area contributed by atoms with E-state index in [1.165, 1.54) is 11.7 Å². The average molecular weight is 270 g/mol. The fourth-order valence-electron chi connectivity index (χ4n) is 1.18. The van der Waals surface area contributed by atoms with Gasteiger partial charge in [0.25, 0.3) is 0 Å². The number of benzene rings is 1. The van der Waals surface area contributed by atoms with Gasteiger partial charge in [0, 0.05) is 17.1 Å². The summed E-state index contributed by atoms with van der Waals surface area (Å²) >= 11 is 4.70. The molecule has 1 N–H and O–H groups in total. The van der Waals surface area contributed by atoms with E-state index in [9.17, 15) is 0 Å². The van der Waals surface area contributed by atoms with Crippen LogP contribution in [0, 0.1) is 0 Å². The number of anilines is 1. The Labute approximate surface area is 94.6 Å². The molecule has 72 valence electrons. The summed E-state index contributed by atoms with van der Waals surface area (Å²) in [6.45, 7) is 0. The fourth-order valence-corrected chi connectivity index (χ4v) is 2.22. The van der Waals surface area contributed by atoms with Gasteiger partial charge in [0.1, 0.15) is 5.69 Å². The SMILES string of the molecule is CNc1nsnc1-c1ccccc1Br. The molecule has 0 bridgehead atoms. The van der Waals surface area contributed by atoms with Gasteiger partial charge < -0.3 is 5.32 Å². The predicted octanol–water partition coefficient (Wildman–Crippen LogP) is 3.01. The summed E-state index contributed by atoms with van der Waals surface area (Å²) in [4.78, 5) is 0. The minimum absolute atomic E-state index is 0.821. The first-order chi connectivity index (χ1) is 6.83.